The molecule has 1 aliphatic heterocycles. The Morgan fingerprint density at radius 2 is 2.45 bits per heavy atom. The van der Waals surface area contributed by atoms with Gasteiger partial charge in [0.05, 0.1) is 18.7 Å². The molecule has 2 atom stereocenters. The van der Waals surface area contributed by atoms with Crippen molar-refractivity contribution in [2.45, 2.75) is 19.3 Å². The number of carboxylic acid groups (broad SMARTS) is 1. The third-order valence-corrected chi connectivity index (χ3v) is 4.75. The minimum absolute atomic E-state index is 0.164. The molecule has 2 heterocycles. The molecule has 1 aliphatic carbocycles. The van der Waals surface area contributed by atoms with E-state index in [2.05, 4.69) is 9.97 Å². The van der Waals surface area contributed by atoms with Crippen LogP contribution >= 0.6 is 11.6 Å². The van der Waals surface area contributed by atoms with Gasteiger partial charge in [-0.25, -0.2) is 4.98 Å². The van der Waals surface area contributed by atoms with Crippen molar-refractivity contribution in [1.82, 2.24) is 9.97 Å². The lowest BCUT2D eigenvalue weighted by molar-refractivity contribution is -0.149. The first-order valence-corrected chi connectivity index (χ1v) is 6.99. The summed E-state index contributed by atoms with van der Waals surface area (Å²) in [6, 6.07) is 0.242. The van der Waals surface area contributed by atoms with Gasteiger partial charge >= 0.3 is 12.0 Å². The van der Waals surface area contributed by atoms with Crippen LogP contribution in [0.1, 0.15) is 19.3 Å². The minimum Gasteiger partial charge on any atom is -0.481 e. The molecule has 108 valence electrons. The predicted molar refractivity (Wildman–Crippen MR) is 73.2 cm³/mol. The number of nitrogens with zero attached hydrogens (tertiary/aromatic N) is 3. The number of aromatic nitrogens is 2. The second-order valence-corrected chi connectivity index (χ2v) is 5.87. The van der Waals surface area contributed by atoms with Gasteiger partial charge in [-0.2, -0.15) is 4.98 Å². The molecule has 7 heteroatoms. The number of fused-ring (bicyclic) bond motifs is 1. The Morgan fingerprint density at radius 3 is 3.10 bits per heavy atom. The lowest BCUT2D eigenvalue weighted by Gasteiger charge is -2.24. The van der Waals surface area contributed by atoms with Crippen LogP contribution in [0.4, 0.5) is 5.82 Å². The molecule has 20 heavy (non-hydrogen) atoms. The van der Waals surface area contributed by atoms with Crippen LogP contribution in [0.2, 0.25) is 5.02 Å². The largest absolute Gasteiger partial charge is 0.481 e. The Hall–Kier alpha value is -1.56. The first-order valence-electron chi connectivity index (χ1n) is 6.62. The predicted octanol–water partition coefficient (Wildman–Crippen LogP) is 1.83. The van der Waals surface area contributed by atoms with E-state index in [0.29, 0.717) is 23.9 Å². The molecule has 1 saturated heterocycles. The van der Waals surface area contributed by atoms with Gasteiger partial charge in [-0.3, -0.25) is 4.79 Å². The van der Waals surface area contributed by atoms with Gasteiger partial charge in [-0.15, -0.1) is 0 Å². The van der Waals surface area contributed by atoms with Crippen LogP contribution in [-0.4, -0.2) is 41.2 Å². The van der Waals surface area contributed by atoms with Crippen LogP contribution in [0, 0.1) is 11.3 Å². The fourth-order valence-electron chi connectivity index (χ4n) is 3.46. The minimum atomic E-state index is -0.709. The fourth-order valence-corrected chi connectivity index (χ4v) is 3.67. The molecule has 3 rings (SSSR count). The van der Waals surface area contributed by atoms with Crippen molar-refractivity contribution >= 4 is 23.4 Å². The second-order valence-electron chi connectivity index (χ2n) is 5.46. The number of ether oxygens (including phenoxy) is 1. The average molecular weight is 298 g/mol. The molecular weight excluding hydrogens is 282 g/mol. The monoisotopic (exact) mass is 297 g/mol. The highest BCUT2D eigenvalue weighted by atomic mass is 35.5. The molecule has 2 fully saturated rings. The van der Waals surface area contributed by atoms with Crippen LogP contribution < -0.4 is 9.64 Å². The third-order valence-electron chi connectivity index (χ3n) is 4.48. The smallest absolute Gasteiger partial charge is 0.318 e. The molecule has 2 aliphatic rings. The van der Waals surface area contributed by atoms with Crippen molar-refractivity contribution in [2.75, 3.05) is 25.1 Å². The molecule has 1 aromatic rings. The second kappa shape index (κ2) is 4.77. The zero-order chi connectivity index (χ0) is 14.3. The molecule has 1 saturated carbocycles. The number of rotatable bonds is 3. The summed E-state index contributed by atoms with van der Waals surface area (Å²) in [6.07, 6.45) is 4.14. The van der Waals surface area contributed by atoms with Gasteiger partial charge in [0.1, 0.15) is 5.02 Å². The van der Waals surface area contributed by atoms with Crippen molar-refractivity contribution in [1.29, 1.82) is 0 Å². The zero-order valence-corrected chi connectivity index (χ0v) is 11.9. The summed E-state index contributed by atoms with van der Waals surface area (Å²) in [4.78, 5) is 21.8. The number of hydrogen-bond acceptors (Lipinski definition) is 5. The highest BCUT2D eigenvalue weighted by molar-refractivity contribution is 6.32. The maximum Gasteiger partial charge on any atom is 0.318 e. The maximum absolute atomic E-state index is 11.7. The summed E-state index contributed by atoms with van der Waals surface area (Å²) in [5.74, 6) is 0.0187. The van der Waals surface area contributed by atoms with Crippen molar-refractivity contribution in [3.8, 4) is 6.01 Å². The van der Waals surface area contributed by atoms with Gasteiger partial charge in [0.15, 0.2) is 5.82 Å². The quantitative estimate of drug-likeness (QED) is 0.917. The van der Waals surface area contributed by atoms with Gasteiger partial charge < -0.3 is 14.7 Å². The summed E-state index contributed by atoms with van der Waals surface area (Å²) in [5, 5.41) is 10.0. The van der Waals surface area contributed by atoms with Gasteiger partial charge in [0, 0.05) is 13.1 Å². The van der Waals surface area contributed by atoms with E-state index in [1.54, 1.807) is 0 Å². The van der Waals surface area contributed by atoms with Gasteiger partial charge in [-0.05, 0) is 18.8 Å². The normalized spacial score (nSPS) is 28.5. The number of carbonyl (C=O) groups is 1. The Morgan fingerprint density at radius 1 is 1.65 bits per heavy atom. The van der Waals surface area contributed by atoms with E-state index in [4.69, 9.17) is 16.3 Å². The molecule has 0 radical (unpaired) electrons. The van der Waals surface area contributed by atoms with Crippen molar-refractivity contribution < 1.29 is 14.6 Å². The van der Waals surface area contributed by atoms with Crippen LogP contribution in [0.5, 0.6) is 6.01 Å². The first kappa shape index (κ1) is 13.4. The van der Waals surface area contributed by atoms with Crippen LogP contribution in [0.15, 0.2) is 6.20 Å². The number of carboxylic acids is 1. The van der Waals surface area contributed by atoms with E-state index in [0.717, 1.165) is 19.3 Å². The number of methoxy groups -OCH3 is 1. The Labute approximate surface area is 121 Å². The summed E-state index contributed by atoms with van der Waals surface area (Å²) in [7, 11) is 1.49. The molecule has 1 aromatic heterocycles. The molecule has 0 aromatic carbocycles. The summed E-state index contributed by atoms with van der Waals surface area (Å²) >= 11 is 6.15. The maximum atomic E-state index is 11.7. The van der Waals surface area contributed by atoms with Crippen molar-refractivity contribution in [3.05, 3.63) is 11.2 Å². The van der Waals surface area contributed by atoms with Gasteiger partial charge in [0.2, 0.25) is 0 Å². The lowest BCUT2D eigenvalue weighted by atomic mass is 9.81. The summed E-state index contributed by atoms with van der Waals surface area (Å²) in [6.45, 7) is 1.12. The molecule has 0 amide bonds. The van der Waals surface area contributed by atoms with Gasteiger partial charge in [-0.1, -0.05) is 18.0 Å². The van der Waals surface area contributed by atoms with Crippen molar-refractivity contribution in [2.24, 2.45) is 11.3 Å². The highest BCUT2D eigenvalue weighted by Crippen LogP contribution is 2.50. The van der Waals surface area contributed by atoms with E-state index in [9.17, 15) is 9.90 Å². The average Bonchev–Trinajstić information content (AvgIpc) is 2.96. The Kier molecular flexibility index (Phi) is 3.20. The van der Waals surface area contributed by atoms with E-state index < -0.39 is 11.4 Å². The Balaban J connectivity index is 1.92. The molecular formula is C13H16ClN3O3. The molecule has 0 bridgehead atoms. The van der Waals surface area contributed by atoms with E-state index in [-0.39, 0.29) is 11.9 Å². The zero-order valence-electron chi connectivity index (χ0n) is 11.2. The topological polar surface area (TPSA) is 75.5 Å². The number of anilines is 1. The van der Waals surface area contributed by atoms with E-state index in [1.807, 2.05) is 4.90 Å². The summed E-state index contributed by atoms with van der Waals surface area (Å²) in [5.41, 5.74) is -0.651. The van der Waals surface area contributed by atoms with E-state index >= 15 is 0 Å². The Bertz CT molecular complexity index is 554. The third kappa shape index (κ3) is 1.90. The number of aliphatic carboxylic acids is 1. The first-order chi connectivity index (χ1) is 9.56. The molecule has 6 nitrogen and oxygen atoms in total. The SMILES string of the molecule is COc1ncc(Cl)c(N2C[C@@H]3CCC[C@@]3(C(=O)O)C2)n1. The molecule has 1 N–H and O–H groups in total. The van der Waals surface area contributed by atoms with Crippen LogP contribution in [0.3, 0.4) is 0 Å². The number of halogens is 1. The fraction of sp³-hybridized carbons (Fsp3) is 0.615. The lowest BCUT2D eigenvalue weighted by Crippen LogP contribution is -2.35. The summed E-state index contributed by atoms with van der Waals surface area (Å²) < 4.78 is 5.01. The molecule has 0 spiro atoms. The highest BCUT2D eigenvalue weighted by Gasteiger charge is 2.55. The number of hydrogen-bond donors (Lipinski definition) is 1. The van der Waals surface area contributed by atoms with E-state index in [1.165, 1.54) is 13.3 Å². The van der Waals surface area contributed by atoms with Gasteiger partial charge in [0.25, 0.3) is 0 Å². The molecule has 0 unspecified atom stereocenters. The van der Waals surface area contributed by atoms with Crippen LogP contribution in [-0.2, 0) is 4.79 Å². The standard InChI is InChI=1S/C13H16ClN3O3/c1-20-12-15-5-9(14)10(16-12)17-6-8-3-2-4-13(8,7-17)11(18)19/h5,8H,2-4,6-7H2,1H3,(H,18,19)/t8-,13+/m0/s1. The van der Waals surface area contributed by atoms with Crippen molar-refractivity contribution in [3.63, 3.8) is 0 Å². The van der Waals surface area contributed by atoms with Crippen LogP contribution in [0.25, 0.3) is 0 Å².